The molecule has 1 aliphatic rings. The molecule has 2 heterocycles. The Morgan fingerprint density at radius 1 is 1.03 bits per heavy atom. The number of methoxy groups -OCH3 is 1. The number of fused-ring (bicyclic) bond motifs is 1. The third-order valence-corrected chi connectivity index (χ3v) is 7.51. The molecule has 3 aromatic rings. The molecule has 0 bridgehead atoms. The summed E-state index contributed by atoms with van der Waals surface area (Å²) in [5.41, 5.74) is 0.780. The molecule has 0 radical (unpaired) electrons. The molecule has 0 aliphatic carbocycles. The largest absolute Gasteiger partial charge is 0.495 e. The molecule has 0 atom stereocenters. The summed E-state index contributed by atoms with van der Waals surface area (Å²) in [6, 6.07) is 11.6. The van der Waals surface area contributed by atoms with Gasteiger partial charge in [0, 0.05) is 48.5 Å². The molecule has 2 aromatic carbocycles. The van der Waals surface area contributed by atoms with Crippen molar-refractivity contribution in [1.82, 2.24) is 8.87 Å². The Hall–Kier alpha value is -2.91. The summed E-state index contributed by atoms with van der Waals surface area (Å²) < 4.78 is 39.1. The number of benzene rings is 2. The van der Waals surface area contributed by atoms with Gasteiger partial charge in [-0.15, -0.1) is 0 Å². The first-order chi connectivity index (χ1) is 16.0. The number of rotatable bonds is 4. The van der Waals surface area contributed by atoms with Gasteiger partial charge >= 0.3 is 6.09 Å². The number of nitrogens with zero attached hydrogens (tertiary/aromatic N) is 3. The second-order valence-corrected chi connectivity index (χ2v) is 11.3. The van der Waals surface area contributed by atoms with E-state index in [0.717, 1.165) is 11.1 Å². The van der Waals surface area contributed by atoms with Crippen molar-refractivity contribution >= 4 is 44.3 Å². The summed E-state index contributed by atoms with van der Waals surface area (Å²) in [4.78, 5) is 16.3. The molecular formula is C24H28ClN3O5S. The molecule has 34 heavy (non-hydrogen) atoms. The Morgan fingerprint density at radius 2 is 1.74 bits per heavy atom. The Morgan fingerprint density at radius 3 is 2.35 bits per heavy atom. The maximum atomic E-state index is 13.4. The quantitative estimate of drug-likeness (QED) is 0.515. The molecule has 0 unspecified atom stereocenters. The molecule has 0 saturated carbocycles. The van der Waals surface area contributed by atoms with E-state index in [0.29, 0.717) is 42.5 Å². The number of carbonyl (C=O) groups excluding carboxylic acids is 1. The number of carbonyl (C=O) groups is 1. The first-order valence-electron chi connectivity index (χ1n) is 10.9. The first-order valence-corrected chi connectivity index (χ1v) is 12.7. The van der Waals surface area contributed by atoms with Crippen LogP contribution in [0.4, 0.5) is 10.5 Å². The summed E-state index contributed by atoms with van der Waals surface area (Å²) in [5, 5.41) is 1.09. The highest BCUT2D eigenvalue weighted by Gasteiger charge is 2.28. The number of aromatic nitrogens is 1. The molecule has 1 aliphatic heterocycles. The number of ether oxygens (including phenoxy) is 2. The van der Waals surface area contributed by atoms with Crippen LogP contribution in [0.1, 0.15) is 20.8 Å². The molecule has 1 fully saturated rings. The smallest absolute Gasteiger partial charge is 0.410 e. The highest BCUT2D eigenvalue weighted by molar-refractivity contribution is 7.90. The van der Waals surface area contributed by atoms with Crippen LogP contribution in [0, 0.1) is 0 Å². The zero-order chi connectivity index (χ0) is 24.7. The molecule has 4 rings (SSSR count). The summed E-state index contributed by atoms with van der Waals surface area (Å²) in [7, 11) is -2.39. The van der Waals surface area contributed by atoms with E-state index in [4.69, 9.17) is 21.1 Å². The van der Waals surface area contributed by atoms with Crippen molar-refractivity contribution in [3.05, 3.63) is 53.7 Å². The van der Waals surface area contributed by atoms with Gasteiger partial charge in [-0.3, -0.25) is 0 Å². The molecule has 8 nitrogen and oxygen atoms in total. The molecule has 0 spiro atoms. The van der Waals surface area contributed by atoms with Crippen LogP contribution in [-0.2, 0) is 14.8 Å². The molecule has 182 valence electrons. The van der Waals surface area contributed by atoms with Crippen molar-refractivity contribution in [2.24, 2.45) is 0 Å². The van der Waals surface area contributed by atoms with Crippen LogP contribution >= 0.6 is 11.6 Å². The standard InChI is InChI=1S/C24H28ClN3O5S/c1-24(2,3)33-23(29)27-14-12-26(13-15-27)20-8-9-21(32-4)22-19(20)10-11-28(22)34(30,31)18-7-5-6-17(25)16-18/h5-11,16H,12-15H2,1-4H3. The summed E-state index contributed by atoms with van der Waals surface area (Å²) in [6.07, 6.45) is 1.20. The van der Waals surface area contributed by atoms with Crippen molar-refractivity contribution in [2.45, 2.75) is 31.3 Å². The minimum atomic E-state index is -3.90. The lowest BCUT2D eigenvalue weighted by molar-refractivity contribution is 0.0240. The number of anilines is 1. The fraction of sp³-hybridized carbons (Fsp3) is 0.375. The van der Waals surface area contributed by atoms with Gasteiger partial charge in [-0.25, -0.2) is 17.2 Å². The van der Waals surface area contributed by atoms with Gasteiger partial charge < -0.3 is 19.3 Å². The topological polar surface area (TPSA) is 81.1 Å². The van der Waals surface area contributed by atoms with E-state index in [1.54, 1.807) is 29.2 Å². The number of hydrogen-bond acceptors (Lipinski definition) is 6. The van der Waals surface area contributed by atoms with Gasteiger partial charge in [0.25, 0.3) is 10.0 Å². The highest BCUT2D eigenvalue weighted by Crippen LogP contribution is 2.37. The zero-order valence-corrected chi connectivity index (χ0v) is 21.2. The van der Waals surface area contributed by atoms with Crippen LogP contribution in [0.25, 0.3) is 10.9 Å². The first kappa shape index (κ1) is 24.2. The second kappa shape index (κ2) is 9.03. The van der Waals surface area contributed by atoms with E-state index in [-0.39, 0.29) is 11.0 Å². The van der Waals surface area contributed by atoms with Crippen LogP contribution in [-0.4, -0.2) is 62.3 Å². The van der Waals surface area contributed by atoms with Gasteiger partial charge in [-0.1, -0.05) is 17.7 Å². The molecular weight excluding hydrogens is 478 g/mol. The van der Waals surface area contributed by atoms with Crippen molar-refractivity contribution in [2.75, 3.05) is 38.2 Å². The van der Waals surface area contributed by atoms with Crippen LogP contribution in [0.3, 0.4) is 0 Å². The van der Waals surface area contributed by atoms with Gasteiger partial charge in [0.15, 0.2) is 0 Å². The SMILES string of the molecule is COc1ccc(N2CCN(C(=O)OC(C)(C)C)CC2)c2ccn(S(=O)(=O)c3cccc(Cl)c3)c12. The van der Waals surface area contributed by atoms with Crippen molar-refractivity contribution in [1.29, 1.82) is 0 Å². The molecule has 1 aromatic heterocycles. The van der Waals surface area contributed by atoms with Gasteiger partial charge in [0.2, 0.25) is 0 Å². The van der Waals surface area contributed by atoms with E-state index in [9.17, 15) is 13.2 Å². The number of hydrogen-bond donors (Lipinski definition) is 0. The van der Waals surface area contributed by atoms with E-state index in [2.05, 4.69) is 4.90 Å². The number of amides is 1. The Balaban J connectivity index is 1.67. The fourth-order valence-corrected chi connectivity index (χ4v) is 5.68. The normalized spacial score (nSPS) is 15.0. The molecule has 10 heteroatoms. The predicted octanol–water partition coefficient (Wildman–Crippen LogP) is 4.60. The second-order valence-electron chi connectivity index (χ2n) is 9.08. The van der Waals surface area contributed by atoms with Gasteiger partial charge in [0.05, 0.1) is 12.0 Å². The van der Waals surface area contributed by atoms with Crippen LogP contribution in [0.2, 0.25) is 5.02 Å². The van der Waals surface area contributed by atoms with E-state index >= 15 is 0 Å². The maximum absolute atomic E-state index is 13.4. The van der Waals surface area contributed by atoms with Gasteiger partial charge in [-0.05, 0) is 57.2 Å². The molecule has 1 saturated heterocycles. The monoisotopic (exact) mass is 505 g/mol. The Labute approximate surface area is 204 Å². The van der Waals surface area contributed by atoms with E-state index in [1.165, 1.54) is 29.4 Å². The van der Waals surface area contributed by atoms with Crippen molar-refractivity contribution < 1.29 is 22.7 Å². The average Bonchev–Trinajstić information content (AvgIpc) is 3.24. The minimum Gasteiger partial charge on any atom is -0.495 e. The minimum absolute atomic E-state index is 0.0935. The Bertz CT molecular complexity index is 1320. The summed E-state index contributed by atoms with van der Waals surface area (Å²) >= 11 is 6.04. The predicted molar refractivity (Wildman–Crippen MR) is 133 cm³/mol. The molecule has 0 N–H and O–H groups in total. The van der Waals surface area contributed by atoms with E-state index in [1.807, 2.05) is 26.8 Å². The lowest BCUT2D eigenvalue weighted by Gasteiger charge is -2.37. The van der Waals surface area contributed by atoms with E-state index < -0.39 is 15.6 Å². The summed E-state index contributed by atoms with van der Waals surface area (Å²) in [6.45, 7) is 7.72. The van der Waals surface area contributed by atoms with Crippen LogP contribution < -0.4 is 9.64 Å². The van der Waals surface area contributed by atoms with Crippen LogP contribution in [0.15, 0.2) is 53.6 Å². The van der Waals surface area contributed by atoms with Gasteiger partial charge in [-0.2, -0.15) is 0 Å². The van der Waals surface area contributed by atoms with Crippen molar-refractivity contribution in [3.63, 3.8) is 0 Å². The third kappa shape index (κ3) is 4.67. The fourth-order valence-electron chi connectivity index (χ4n) is 4.02. The third-order valence-electron chi connectivity index (χ3n) is 5.60. The number of piperazine rings is 1. The van der Waals surface area contributed by atoms with Gasteiger partial charge in [0.1, 0.15) is 16.9 Å². The lowest BCUT2D eigenvalue weighted by atomic mass is 10.1. The average molecular weight is 506 g/mol. The van der Waals surface area contributed by atoms with Crippen molar-refractivity contribution in [3.8, 4) is 5.75 Å². The zero-order valence-electron chi connectivity index (χ0n) is 19.6. The lowest BCUT2D eigenvalue weighted by Crippen LogP contribution is -2.50. The van der Waals surface area contributed by atoms with Crippen LogP contribution in [0.5, 0.6) is 5.75 Å². The maximum Gasteiger partial charge on any atom is 0.410 e. The highest BCUT2D eigenvalue weighted by atomic mass is 35.5. The number of halogens is 1. The summed E-state index contributed by atoms with van der Waals surface area (Å²) in [5.74, 6) is 0.446. The molecule has 1 amide bonds. The Kier molecular flexibility index (Phi) is 6.44.